The third-order valence-corrected chi connectivity index (χ3v) is 3.85. The molecule has 0 saturated carbocycles. The van der Waals surface area contributed by atoms with E-state index in [1.54, 1.807) is 12.4 Å². The monoisotopic (exact) mass is 299 g/mol. The van der Waals surface area contributed by atoms with E-state index in [1.165, 1.54) is 5.56 Å². The highest BCUT2D eigenvalue weighted by Crippen LogP contribution is 2.19. The van der Waals surface area contributed by atoms with Crippen molar-refractivity contribution < 1.29 is 4.74 Å². The normalized spacial score (nSPS) is 15.8. The van der Waals surface area contributed by atoms with Gasteiger partial charge in [-0.05, 0) is 18.9 Å². The molecule has 6 nitrogen and oxygen atoms in total. The van der Waals surface area contributed by atoms with Crippen LogP contribution in [0, 0.1) is 6.92 Å². The van der Waals surface area contributed by atoms with Crippen molar-refractivity contribution in [1.29, 1.82) is 0 Å². The molecule has 0 atom stereocenters. The number of nitrogens with zero attached hydrogens (tertiary/aromatic N) is 5. The Morgan fingerprint density at radius 3 is 2.50 bits per heavy atom. The van der Waals surface area contributed by atoms with Crippen molar-refractivity contribution in [3.8, 4) is 5.88 Å². The minimum Gasteiger partial charge on any atom is -0.473 e. The topological polar surface area (TPSA) is 64.0 Å². The maximum Gasteiger partial charge on any atom is 0.232 e. The summed E-state index contributed by atoms with van der Waals surface area (Å²) in [4.78, 5) is 19.6. The van der Waals surface area contributed by atoms with E-state index in [9.17, 15) is 0 Å². The van der Waals surface area contributed by atoms with Crippen LogP contribution in [-0.2, 0) is 6.42 Å². The van der Waals surface area contributed by atoms with E-state index in [4.69, 9.17) is 4.74 Å². The summed E-state index contributed by atoms with van der Waals surface area (Å²) in [7, 11) is 0. The SMILES string of the molecule is CCc1cnc(N2CCC(Oc3cncc(C)n3)CC2)nc1. The van der Waals surface area contributed by atoms with Gasteiger partial charge in [-0.25, -0.2) is 15.0 Å². The molecule has 0 spiro atoms. The molecule has 6 heteroatoms. The fourth-order valence-corrected chi connectivity index (χ4v) is 2.54. The van der Waals surface area contributed by atoms with Crippen molar-refractivity contribution >= 4 is 5.95 Å². The summed E-state index contributed by atoms with van der Waals surface area (Å²) in [6, 6.07) is 0. The van der Waals surface area contributed by atoms with E-state index in [0.29, 0.717) is 5.88 Å². The highest BCUT2D eigenvalue weighted by Gasteiger charge is 2.22. The Labute approximate surface area is 130 Å². The highest BCUT2D eigenvalue weighted by atomic mass is 16.5. The predicted molar refractivity (Wildman–Crippen MR) is 84.0 cm³/mol. The Morgan fingerprint density at radius 1 is 1.14 bits per heavy atom. The van der Waals surface area contributed by atoms with Crippen molar-refractivity contribution in [3.05, 3.63) is 36.0 Å². The van der Waals surface area contributed by atoms with Gasteiger partial charge in [-0.3, -0.25) is 4.98 Å². The Balaban J connectivity index is 1.55. The maximum atomic E-state index is 5.92. The van der Waals surface area contributed by atoms with Gasteiger partial charge in [0.2, 0.25) is 11.8 Å². The van der Waals surface area contributed by atoms with Gasteiger partial charge in [0.25, 0.3) is 0 Å². The summed E-state index contributed by atoms with van der Waals surface area (Å²) in [6.07, 6.45) is 10.2. The standard InChI is InChI=1S/C16H21N5O/c1-3-13-9-18-16(19-10-13)21-6-4-14(5-7-21)22-15-11-17-8-12(2)20-15/h8-11,14H,3-7H2,1-2H3. The Kier molecular flexibility index (Phi) is 4.46. The molecule has 3 heterocycles. The Morgan fingerprint density at radius 2 is 1.86 bits per heavy atom. The van der Waals surface area contributed by atoms with E-state index >= 15 is 0 Å². The van der Waals surface area contributed by atoms with Gasteiger partial charge in [0.05, 0.1) is 11.9 Å². The predicted octanol–water partition coefficient (Wildman–Crippen LogP) is 2.19. The number of hydrogen-bond donors (Lipinski definition) is 0. The van der Waals surface area contributed by atoms with Crippen molar-refractivity contribution in [1.82, 2.24) is 19.9 Å². The fourth-order valence-electron chi connectivity index (χ4n) is 2.54. The molecule has 22 heavy (non-hydrogen) atoms. The number of rotatable bonds is 4. The lowest BCUT2D eigenvalue weighted by molar-refractivity contribution is 0.162. The van der Waals surface area contributed by atoms with Crippen molar-refractivity contribution in [2.75, 3.05) is 18.0 Å². The largest absolute Gasteiger partial charge is 0.473 e. The number of anilines is 1. The minimum atomic E-state index is 0.183. The average Bonchev–Trinajstić information content (AvgIpc) is 2.56. The zero-order valence-corrected chi connectivity index (χ0v) is 13.1. The van der Waals surface area contributed by atoms with Crippen LogP contribution in [0.25, 0.3) is 0 Å². The van der Waals surface area contributed by atoms with Crippen LogP contribution >= 0.6 is 0 Å². The lowest BCUT2D eigenvalue weighted by Crippen LogP contribution is -2.39. The zero-order chi connectivity index (χ0) is 15.4. The van der Waals surface area contributed by atoms with E-state index in [1.807, 2.05) is 19.3 Å². The average molecular weight is 299 g/mol. The van der Waals surface area contributed by atoms with Gasteiger partial charge in [-0.15, -0.1) is 0 Å². The Hall–Kier alpha value is -2.24. The number of aryl methyl sites for hydroxylation is 2. The van der Waals surface area contributed by atoms with Crippen LogP contribution in [0.5, 0.6) is 5.88 Å². The Bertz CT molecular complexity index is 608. The second kappa shape index (κ2) is 6.68. The van der Waals surface area contributed by atoms with Gasteiger partial charge < -0.3 is 9.64 Å². The molecule has 0 amide bonds. The molecule has 1 aliphatic heterocycles. The molecule has 1 aliphatic rings. The first-order valence-corrected chi connectivity index (χ1v) is 7.75. The first-order valence-electron chi connectivity index (χ1n) is 7.75. The summed E-state index contributed by atoms with van der Waals surface area (Å²) in [5, 5.41) is 0. The molecule has 0 aromatic carbocycles. The zero-order valence-electron chi connectivity index (χ0n) is 13.1. The molecule has 2 aromatic rings. The lowest BCUT2D eigenvalue weighted by Gasteiger charge is -2.31. The van der Waals surface area contributed by atoms with Crippen LogP contribution in [0.15, 0.2) is 24.8 Å². The first kappa shape index (κ1) is 14.7. The van der Waals surface area contributed by atoms with E-state index in [2.05, 4.69) is 31.8 Å². The molecular formula is C16H21N5O. The maximum absolute atomic E-state index is 5.92. The van der Waals surface area contributed by atoms with Crippen LogP contribution < -0.4 is 9.64 Å². The van der Waals surface area contributed by atoms with Crippen molar-refractivity contribution in [3.63, 3.8) is 0 Å². The molecule has 0 radical (unpaired) electrons. The summed E-state index contributed by atoms with van der Waals surface area (Å²) in [6.45, 7) is 5.82. The molecule has 2 aromatic heterocycles. The molecule has 0 N–H and O–H groups in total. The second-order valence-electron chi connectivity index (χ2n) is 5.55. The highest BCUT2D eigenvalue weighted by molar-refractivity contribution is 5.30. The number of ether oxygens (including phenoxy) is 1. The van der Waals surface area contributed by atoms with Crippen molar-refractivity contribution in [2.45, 2.75) is 39.2 Å². The van der Waals surface area contributed by atoms with Crippen LogP contribution in [-0.4, -0.2) is 39.1 Å². The van der Waals surface area contributed by atoms with Gasteiger partial charge in [-0.2, -0.15) is 0 Å². The second-order valence-corrected chi connectivity index (χ2v) is 5.55. The van der Waals surface area contributed by atoms with E-state index < -0.39 is 0 Å². The summed E-state index contributed by atoms with van der Waals surface area (Å²) in [5.74, 6) is 1.42. The van der Waals surface area contributed by atoms with E-state index in [0.717, 1.165) is 44.0 Å². The van der Waals surface area contributed by atoms with Crippen molar-refractivity contribution in [2.24, 2.45) is 0 Å². The summed E-state index contributed by atoms with van der Waals surface area (Å²) < 4.78 is 5.92. The quantitative estimate of drug-likeness (QED) is 0.862. The summed E-state index contributed by atoms with van der Waals surface area (Å²) in [5.41, 5.74) is 2.04. The first-order chi connectivity index (χ1) is 10.7. The number of piperidine rings is 1. The molecule has 116 valence electrons. The molecule has 0 bridgehead atoms. The number of aromatic nitrogens is 4. The van der Waals surface area contributed by atoms with Gasteiger partial charge in [0, 0.05) is 44.5 Å². The third kappa shape index (κ3) is 3.50. The fraction of sp³-hybridized carbons (Fsp3) is 0.500. The molecule has 1 fully saturated rings. The van der Waals surface area contributed by atoms with Gasteiger partial charge in [0.15, 0.2) is 0 Å². The number of hydrogen-bond acceptors (Lipinski definition) is 6. The smallest absolute Gasteiger partial charge is 0.232 e. The molecular weight excluding hydrogens is 278 g/mol. The van der Waals surface area contributed by atoms with Crippen LogP contribution in [0.1, 0.15) is 31.0 Å². The molecule has 3 rings (SSSR count). The third-order valence-electron chi connectivity index (χ3n) is 3.85. The van der Waals surface area contributed by atoms with Gasteiger partial charge in [0.1, 0.15) is 6.10 Å². The van der Waals surface area contributed by atoms with Crippen LogP contribution in [0.4, 0.5) is 5.95 Å². The lowest BCUT2D eigenvalue weighted by atomic mass is 10.1. The van der Waals surface area contributed by atoms with Crippen LogP contribution in [0.2, 0.25) is 0 Å². The molecule has 0 aliphatic carbocycles. The van der Waals surface area contributed by atoms with Gasteiger partial charge in [-0.1, -0.05) is 6.92 Å². The van der Waals surface area contributed by atoms with E-state index in [-0.39, 0.29) is 6.10 Å². The van der Waals surface area contributed by atoms with Gasteiger partial charge >= 0.3 is 0 Å². The molecule has 1 saturated heterocycles. The van der Waals surface area contributed by atoms with Crippen LogP contribution in [0.3, 0.4) is 0 Å². The summed E-state index contributed by atoms with van der Waals surface area (Å²) >= 11 is 0. The minimum absolute atomic E-state index is 0.183. The molecule has 0 unspecified atom stereocenters.